The highest BCUT2D eigenvalue weighted by molar-refractivity contribution is 5.45. The molecule has 0 bridgehead atoms. The summed E-state index contributed by atoms with van der Waals surface area (Å²) in [6.45, 7) is 4.75. The van der Waals surface area contributed by atoms with E-state index in [1.54, 1.807) is 0 Å². The quantitative estimate of drug-likeness (QED) is 0.917. The van der Waals surface area contributed by atoms with E-state index < -0.39 is 0 Å². The largest absolute Gasteiger partial charge is 0.382 e. The van der Waals surface area contributed by atoms with Gasteiger partial charge in [0, 0.05) is 31.5 Å². The molecule has 1 spiro atoms. The zero-order valence-electron chi connectivity index (χ0n) is 12.4. The summed E-state index contributed by atoms with van der Waals surface area (Å²) in [5.41, 5.74) is 2.69. The van der Waals surface area contributed by atoms with E-state index in [0.29, 0.717) is 6.04 Å². The van der Waals surface area contributed by atoms with E-state index in [2.05, 4.69) is 36.5 Å². The van der Waals surface area contributed by atoms with Crippen molar-refractivity contribution < 1.29 is 9.47 Å². The SMILES string of the molecule is CCc1ccc(NC2CCOC3(CCOCC3)C2)cc1. The van der Waals surface area contributed by atoms with Crippen LogP contribution in [-0.2, 0) is 15.9 Å². The van der Waals surface area contributed by atoms with Crippen LogP contribution in [0.4, 0.5) is 5.69 Å². The fourth-order valence-corrected chi connectivity index (χ4v) is 3.32. The molecule has 0 aliphatic carbocycles. The van der Waals surface area contributed by atoms with Gasteiger partial charge in [-0.15, -0.1) is 0 Å². The molecular weight excluding hydrogens is 250 g/mol. The first kappa shape index (κ1) is 13.9. The van der Waals surface area contributed by atoms with Crippen LogP contribution < -0.4 is 5.32 Å². The predicted octanol–water partition coefficient (Wildman–Crippen LogP) is 3.39. The van der Waals surface area contributed by atoms with E-state index in [9.17, 15) is 0 Å². The first-order valence-corrected chi connectivity index (χ1v) is 7.87. The summed E-state index contributed by atoms with van der Waals surface area (Å²) in [5.74, 6) is 0. The van der Waals surface area contributed by atoms with E-state index in [1.807, 2.05) is 0 Å². The van der Waals surface area contributed by atoms with Gasteiger partial charge in [0.2, 0.25) is 0 Å². The van der Waals surface area contributed by atoms with Gasteiger partial charge in [-0.2, -0.15) is 0 Å². The Morgan fingerprint density at radius 2 is 1.90 bits per heavy atom. The van der Waals surface area contributed by atoms with Crippen LogP contribution in [0.25, 0.3) is 0 Å². The lowest BCUT2D eigenvalue weighted by atomic mass is 9.84. The number of hydrogen-bond donors (Lipinski definition) is 1. The van der Waals surface area contributed by atoms with Gasteiger partial charge in [0.05, 0.1) is 5.60 Å². The molecule has 2 aliphatic heterocycles. The van der Waals surface area contributed by atoms with Gasteiger partial charge < -0.3 is 14.8 Å². The van der Waals surface area contributed by atoms with E-state index in [0.717, 1.165) is 51.9 Å². The minimum Gasteiger partial charge on any atom is -0.382 e. The van der Waals surface area contributed by atoms with Crippen molar-refractivity contribution in [2.24, 2.45) is 0 Å². The molecule has 0 aromatic heterocycles. The predicted molar refractivity (Wildman–Crippen MR) is 81.2 cm³/mol. The van der Waals surface area contributed by atoms with Crippen LogP contribution in [0.3, 0.4) is 0 Å². The number of benzene rings is 1. The monoisotopic (exact) mass is 275 g/mol. The van der Waals surface area contributed by atoms with Gasteiger partial charge in [0.15, 0.2) is 0 Å². The van der Waals surface area contributed by atoms with Gasteiger partial charge in [-0.05, 0) is 49.8 Å². The van der Waals surface area contributed by atoms with Gasteiger partial charge in [0.1, 0.15) is 0 Å². The summed E-state index contributed by atoms with van der Waals surface area (Å²) >= 11 is 0. The molecule has 1 aromatic carbocycles. The number of ether oxygens (including phenoxy) is 2. The van der Waals surface area contributed by atoms with Crippen LogP contribution in [0.1, 0.15) is 38.2 Å². The highest BCUT2D eigenvalue weighted by Crippen LogP contribution is 2.35. The number of aryl methyl sites for hydroxylation is 1. The molecule has 1 N–H and O–H groups in total. The van der Waals surface area contributed by atoms with Gasteiger partial charge in [-0.3, -0.25) is 0 Å². The molecular formula is C17H25NO2. The van der Waals surface area contributed by atoms with E-state index in [1.165, 1.54) is 11.3 Å². The Morgan fingerprint density at radius 3 is 2.60 bits per heavy atom. The van der Waals surface area contributed by atoms with Crippen molar-refractivity contribution in [3.05, 3.63) is 29.8 Å². The summed E-state index contributed by atoms with van der Waals surface area (Å²) in [5, 5.41) is 3.68. The molecule has 3 heteroatoms. The average Bonchev–Trinajstić information content (AvgIpc) is 2.49. The van der Waals surface area contributed by atoms with Crippen molar-refractivity contribution in [3.63, 3.8) is 0 Å². The second-order valence-corrected chi connectivity index (χ2v) is 6.03. The van der Waals surface area contributed by atoms with Crippen molar-refractivity contribution >= 4 is 5.69 Å². The summed E-state index contributed by atoms with van der Waals surface area (Å²) in [6, 6.07) is 9.35. The minimum atomic E-state index is 0.0670. The second-order valence-electron chi connectivity index (χ2n) is 6.03. The fraction of sp³-hybridized carbons (Fsp3) is 0.647. The number of anilines is 1. The summed E-state index contributed by atoms with van der Waals surface area (Å²) < 4.78 is 11.6. The zero-order valence-corrected chi connectivity index (χ0v) is 12.4. The normalized spacial score (nSPS) is 25.6. The van der Waals surface area contributed by atoms with Crippen LogP contribution in [0.5, 0.6) is 0 Å². The lowest BCUT2D eigenvalue weighted by molar-refractivity contribution is -0.135. The maximum atomic E-state index is 6.09. The first-order chi connectivity index (χ1) is 9.80. The van der Waals surface area contributed by atoms with Gasteiger partial charge in [0.25, 0.3) is 0 Å². The van der Waals surface area contributed by atoms with Crippen LogP contribution in [-0.4, -0.2) is 31.5 Å². The lowest BCUT2D eigenvalue weighted by Crippen LogP contribution is -2.47. The third kappa shape index (κ3) is 3.15. The molecule has 1 atom stereocenters. The van der Waals surface area contributed by atoms with Crippen molar-refractivity contribution in [1.29, 1.82) is 0 Å². The first-order valence-electron chi connectivity index (χ1n) is 7.87. The van der Waals surface area contributed by atoms with Crippen LogP contribution in [0, 0.1) is 0 Å². The molecule has 20 heavy (non-hydrogen) atoms. The van der Waals surface area contributed by atoms with Crippen LogP contribution in [0.2, 0.25) is 0 Å². The van der Waals surface area contributed by atoms with Crippen molar-refractivity contribution in [2.45, 2.75) is 50.7 Å². The van der Waals surface area contributed by atoms with Crippen LogP contribution >= 0.6 is 0 Å². The Hall–Kier alpha value is -1.06. The Bertz CT molecular complexity index is 418. The smallest absolute Gasteiger partial charge is 0.0745 e. The fourth-order valence-electron chi connectivity index (χ4n) is 3.32. The summed E-state index contributed by atoms with van der Waals surface area (Å²) in [7, 11) is 0. The maximum absolute atomic E-state index is 6.09. The highest BCUT2D eigenvalue weighted by atomic mass is 16.5. The molecule has 110 valence electrons. The van der Waals surface area contributed by atoms with Crippen molar-refractivity contribution in [2.75, 3.05) is 25.1 Å². The minimum absolute atomic E-state index is 0.0670. The molecule has 3 nitrogen and oxygen atoms in total. The maximum Gasteiger partial charge on any atom is 0.0745 e. The number of rotatable bonds is 3. The third-order valence-electron chi connectivity index (χ3n) is 4.63. The number of nitrogens with one attached hydrogen (secondary N) is 1. The average molecular weight is 275 g/mol. The molecule has 2 heterocycles. The zero-order chi connectivity index (χ0) is 13.8. The standard InChI is InChI=1S/C17H25NO2/c1-2-14-3-5-15(6-4-14)18-16-7-10-20-17(13-16)8-11-19-12-9-17/h3-6,16,18H,2,7-13H2,1H3. The number of hydrogen-bond acceptors (Lipinski definition) is 3. The molecule has 2 saturated heterocycles. The Kier molecular flexibility index (Phi) is 4.27. The van der Waals surface area contributed by atoms with E-state index in [4.69, 9.17) is 9.47 Å². The Morgan fingerprint density at radius 1 is 1.15 bits per heavy atom. The lowest BCUT2D eigenvalue weighted by Gasteiger charge is -2.43. The summed E-state index contributed by atoms with van der Waals surface area (Å²) in [4.78, 5) is 0. The molecule has 2 aliphatic rings. The molecule has 0 radical (unpaired) electrons. The van der Waals surface area contributed by atoms with Gasteiger partial charge in [-0.1, -0.05) is 19.1 Å². The van der Waals surface area contributed by atoms with E-state index >= 15 is 0 Å². The Balaban J connectivity index is 1.61. The highest BCUT2D eigenvalue weighted by Gasteiger charge is 2.38. The molecule has 1 aromatic rings. The molecule has 0 saturated carbocycles. The molecule has 1 unspecified atom stereocenters. The third-order valence-corrected chi connectivity index (χ3v) is 4.63. The van der Waals surface area contributed by atoms with Gasteiger partial charge >= 0.3 is 0 Å². The summed E-state index contributed by atoms with van der Waals surface area (Å²) in [6.07, 6.45) is 5.38. The second kappa shape index (κ2) is 6.15. The van der Waals surface area contributed by atoms with Crippen molar-refractivity contribution in [1.82, 2.24) is 0 Å². The molecule has 0 amide bonds. The molecule has 2 fully saturated rings. The Labute approximate surface area is 121 Å². The van der Waals surface area contributed by atoms with Crippen molar-refractivity contribution in [3.8, 4) is 0 Å². The van der Waals surface area contributed by atoms with E-state index in [-0.39, 0.29) is 5.60 Å². The topological polar surface area (TPSA) is 30.5 Å². The molecule has 3 rings (SSSR count). The van der Waals surface area contributed by atoms with Gasteiger partial charge in [-0.25, -0.2) is 0 Å². The van der Waals surface area contributed by atoms with Crippen LogP contribution in [0.15, 0.2) is 24.3 Å².